The highest BCUT2D eigenvalue weighted by atomic mass is 32.2. The van der Waals surface area contributed by atoms with Gasteiger partial charge in [-0.1, -0.05) is 0 Å². The number of sulfonamides is 1. The number of alkyl halides is 1. The number of nitrogens with zero attached hydrogens (tertiary/aromatic N) is 6. The van der Waals surface area contributed by atoms with Gasteiger partial charge < -0.3 is 14.5 Å². The van der Waals surface area contributed by atoms with E-state index in [-0.39, 0.29) is 37.3 Å². The molecule has 5 heterocycles. The summed E-state index contributed by atoms with van der Waals surface area (Å²) in [4.78, 5) is 18.9. The molecular weight excluding hydrogens is 477 g/mol. The van der Waals surface area contributed by atoms with Crippen LogP contribution in [0, 0.1) is 0 Å². The first-order chi connectivity index (χ1) is 16.6. The predicted molar refractivity (Wildman–Crippen MR) is 127 cm³/mol. The summed E-state index contributed by atoms with van der Waals surface area (Å²) >= 11 is 0. The maximum Gasteiger partial charge on any atom is 0.292 e. The molecule has 192 valence electrons. The van der Waals surface area contributed by atoms with Crippen LogP contribution in [0.1, 0.15) is 38.7 Å². The van der Waals surface area contributed by atoms with Crippen LogP contribution in [0.25, 0.3) is 5.65 Å². The lowest BCUT2D eigenvalue weighted by Crippen LogP contribution is -2.62. The molecule has 4 aliphatic rings. The normalized spacial score (nSPS) is 27.1. The topological polar surface area (TPSA) is 112 Å². The molecule has 35 heavy (non-hydrogen) atoms. The summed E-state index contributed by atoms with van der Waals surface area (Å²) in [5, 5.41) is 8.40. The van der Waals surface area contributed by atoms with Crippen molar-refractivity contribution in [2.24, 2.45) is 0 Å². The molecule has 3 aliphatic heterocycles. The molecule has 0 unspecified atom stereocenters. The molecule has 0 aromatic carbocycles. The monoisotopic (exact) mass is 509 g/mol. The second-order valence-corrected chi connectivity index (χ2v) is 12.2. The summed E-state index contributed by atoms with van der Waals surface area (Å²) in [5.74, 6) is -0.483. The molecule has 2 aromatic rings. The third kappa shape index (κ3) is 4.07. The van der Waals surface area contributed by atoms with E-state index in [2.05, 4.69) is 31.6 Å². The average molecular weight is 510 g/mol. The van der Waals surface area contributed by atoms with Crippen LogP contribution < -0.4 is 9.62 Å². The molecule has 1 saturated carbocycles. The largest absolute Gasteiger partial charge is 0.378 e. The summed E-state index contributed by atoms with van der Waals surface area (Å²) < 4.78 is 50.0. The van der Waals surface area contributed by atoms with Crippen molar-refractivity contribution >= 4 is 27.3 Å². The van der Waals surface area contributed by atoms with Gasteiger partial charge in [0.25, 0.3) is 5.91 Å². The van der Waals surface area contributed by atoms with Crippen molar-refractivity contribution in [1.29, 1.82) is 0 Å². The molecule has 4 fully saturated rings. The number of morpholine rings is 1. The number of hydrogen-bond acceptors (Lipinski definition) is 8. The van der Waals surface area contributed by atoms with E-state index in [1.807, 2.05) is 6.92 Å². The van der Waals surface area contributed by atoms with Gasteiger partial charge in [-0.2, -0.15) is 0 Å². The average Bonchev–Trinajstić information content (AvgIpc) is 3.35. The van der Waals surface area contributed by atoms with Gasteiger partial charge in [0.15, 0.2) is 5.65 Å². The lowest BCUT2D eigenvalue weighted by molar-refractivity contribution is -0.0317. The zero-order chi connectivity index (χ0) is 24.5. The molecule has 1 N–H and O–H groups in total. The van der Waals surface area contributed by atoms with E-state index in [4.69, 9.17) is 4.74 Å². The molecule has 2 atom stereocenters. The van der Waals surface area contributed by atoms with Gasteiger partial charge in [-0.25, -0.2) is 17.5 Å². The SMILES string of the molecule is C[C@H]1CN(c2cc(S(=O)(=O)NC3(C)CC3)cn3c(C(=O)N4CC(F)C4)nnc23)C[C@@H]2COCCN21.[HH]. The Labute approximate surface area is 204 Å². The van der Waals surface area contributed by atoms with Crippen LogP contribution in [0.15, 0.2) is 17.2 Å². The fourth-order valence-electron chi connectivity index (χ4n) is 5.24. The summed E-state index contributed by atoms with van der Waals surface area (Å²) in [6.07, 6.45) is 1.90. The highest BCUT2D eigenvalue weighted by Crippen LogP contribution is 2.37. The second kappa shape index (κ2) is 8.08. The van der Waals surface area contributed by atoms with Gasteiger partial charge in [0.05, 0.1) is 38.0 Å². The Bertz CT molecular complexity index is 1280. The van der Waals surface area contributed by atoms with Crippen molar-refractivity contribution in [3.05, 3.63) is 18.1 Å². The fourth-order valence-corrected chi connectivity index (χ4v) is 6.72. The molecule has 6 rings (SSSR count). The summed E-state index contributed by atoms with van der Waals surface area (Å²) in [5.41, 5.74) is 0.553. The molecule has 0 bridgehead atoms. The number of piperazine rings is 1. The van der Waals surface area contributed by atoms with Gasteiger partial charge in [-0.15, -0.1) is 10.2 Å². The van der Waals surface area contributed by atoms with Crippen LogP contribution >= 0.6 is 0 Å². The van der Waals surface area contributed by atoms with Gasteiger partial charge in [0.1, 0.15) is 11.1 Å². The van der Waals surface area contributed by atoms with E-state index in [0.29, 0.717) is 37.6 Å². The Hall–Kier alpha value is -2.35. The number of anilines is 1. The molecule has 1 amide bonds. The zero-order valence-electron chi connectivity index (χ0n) is 19.9. The van der Waals surface area contributed by atoms with Gasteiger partial charge in [-0.05, 0) is 32.8 Å². The Morgan fingerprint density at radius 1 is 1.26 bits per heavy atom. The maximum atomic E-state index is 13.4. The summed E-state index contributed by atoms with van der Waals surface area (Å²) in [6.45, 7) is 7.50. The van der Waals surface area contributed by atoms with Crippen LogP contribution in [-0.2, 0) is 14.8 Å². The highest BCUT2D eigenvalue weighted by Gasteiger charge is 2.42. The molecule has 3 saturated heterocycles. The number of likely N-dealkylation sites (tertiary alicyclic amines) is 1. The standard InChI is InChI=1S/C22H30FN7O4S.H2/c1-14-8-27(11-16-13-34-6-5-29(14)16)18-7-17(35(32,33)26-22(2)3-4-22)12-30-19(18)24-25-20(30)21(31)28-9-15(23)10-28;/h7,12,14-16,26H,3-6,8-11,13H2,1-2H3;1H/t14-,16+;/m0./s1. The fraction of sp³-hybridized carbons (Fsp3) is 0.682. The number of pyridine rings is 1. The number of carbonyl (C=O) groups is 1. The third-order valence-corrected chi connectivity index (χ3v) is 9.17. The molecule has 13 heteroatoms. The van der Waals surface area contributed by atoms with Crippen LogP contribution in [-0.4, -0.2) is 108 Å². The van der Waals surface area contributed by atoms with E-state index in [0.717, 1.165) is 19.4 Å². The van der Waals surface area contributed by atoms with Crippen molar-refractivity contribution in [2.45, 2.75) is 55.4 Å². The number of aromatic nitrogens is 3. The maximum absolute atomic E-state index is 13.4. The quantitative estimate of drug-likeness (QED) is 0.621. The Morgan fingerprint density at radius 3 is 2.74 bits per heavy atom. The number of fused-ring (bicyclic) bond motifs is 2. The van der Waals surface area contributed by atoms with Crippen molar-refractivity contribution in [2.75, 3.05) is 50.8 Å². The number of nitrogens with one attached hydrogen (secondary N) is 1. The van der Waals surface area contributed by atoms with E-state index in [1.165, 1.54) is 15.5 Å². The number of hydrogen-bond donors (Lipinski definition) is 1. The molecule has 1 aliphatic carbocycles. The lowest BCUT2D eigenvalue weighted by Gasteiger charge is -2.48. The minimum Gasteiger partial charge on any atom is -0.378 e. The van der Waals surface area contributed by atoms with Crippen LogP contribution in [0.3, 0.4) is 0 Å². The van der Waals surface area contributed by atoms with Crippen molar-refractivity contribution < 1.29 is 23.8 Å². The molecular formula is C22H32FN7O4S. The van der Waals surface area contributed by atoms with E-state index in [1.54, 1.807) is 6.07 Å². The highest BCUT2D eigenvalue weighted by molar-refractivity contribution is 7.89. The first-order valence-electron chi connectivity index (χ1n) is 12.1. The lowest BCUT2D eigenvalue weighted by atomic mass is 10.1. The second-order valence-electron chi connectivity index (χ2n) is 10.5. The van der Waals surface area contributed by atoms with Gasteiger partial charge in [-0.3, -0.25) is 14.1 Å². The van der Waals surface area contributed by atoms with Crippen LogP contribution in [0.4, 0.5) is 10.1 Å². The molecule has 0 radical (unpaired) electrons. The van der Waals surface area contributed by atoms with Crippen molar-refractivity contribution in [1.82, 2.24) is 29.1 Å². The molecule has 2 aromatic heterocycles. The van der Waals surface area contributed by atoms with Crippen LogP contribution in [0.5, 0.6) is 0 Å². The molecule has 11 nitrogen and oxygen atoms in total. The zero-order valence-corrected chi connectivity index (χ0v) is 20.7. The third-order valence-electron chi connectivity index (χ3n) is 7.56. The minimum absolute atomic E-state index is 0. The first kappa shape index (κ1) is 23.1. The van der Waals surface area contributed by atoms with Crippen molar-refractivity contribution in [3.8, 4) is 0 Å². The smallest absolute Gasteiger partial charge is 0.292 e. The van der Waals surface area contributed by atoms with E-state index in [9.17, 15) is 17.6 Å². The number of rotatable bonds is 5. The predicted octanol–water partition coefficient (Wildman–Crippen LogP) is 0.509. The van der Waals surface area contributed by atoms with Gasteiger partial charge in [0.2, 0.25) is 15.8 Å². The summed E-state index contributed by atoms with van der Waals surface area (Å²) in [6, 6.07) is 2.02. The summed E-state index contributed by atoms with van der Waals surface area (Å²) in [7, 11) is -3.86. The van der Waals surface area contributed by atoms with Crippen molar-refractivity contribution in [3.63, 3.8) is 0 Å². The van der Waals surface area contributed by atoms with Gasteiger partial charge >= 0.3 is 0 Å². The first-order valence-corrected chi connectivity index (χ1v) is 13.6. The van der Waals surface area contributed by atoms with Crippen LogP contribution in [0.2, 0.25) is 0 Å². The Kier molecular flexibility index (Phi) is 5.33. The van der Waals surface area contributed by atoms with E-state index < -0.39 is 27.6 Å². The van der Waals surface area contributed by atoms with E-state index >= 15 is 0 Å². The number of carbonyl (C=O) groups excluding carboxylic acids is 1. The molecule has 0 spiro atoms. The number of amides is 1. The number of halogens is 1. The Morgan fingerprint density at radius 2 is 2.03 bits per heavy atom. The Balaban J connectivity index is 0.00000267. The minimum atomic E-state index is -3.86. The number of ether oxygens (including phenoxy) is 1. The van der Waals surface area contributed by atoms with Gasteiger partial charge in [0, 0.05) is 38.8 Å².